The third-order valence-electron chi connectivity index (χ3n) is 3.59. The second kappa shape index (κ2) is 4.90. The average molecular weight is 268 g/mol. The van der Waals surface area contributed by atoms with Gasteiger partial charge in [-0.05, 0) is 49.8 Å². The number of nitrogens with one attached hydrogen (secondary N) is 1. The number of benzene rings is 1. The minimum absolute atomic E-state index is 0.168. The van der Waals surface area contributed by atoms with Crippen molar-refractivity contribution in [2.24, 2.45) is 11.1 Å². The van der Waals surface area contributed by atoms with Crippen molar-refractivity contribution in [2.45, 2.75) is 44.0 Å². The quantitative estimate of drug-likeness (QED) is 0.883. The molecule has 1 saturated carbocycles. The van der Waals surface area contributed by atoms with E-state index in [0.717, 1.165) is 30.0 Å². The number of aryl methyl sites for hydroxylation is 1. The van der Waals surface area contributed by atoms with Crippen LogP contribution < -0.4 is 10.5 Å². The first kappa shape index (κ1) is 13.4. The van der Waals surface area contributed by atoms with Crippen molar-refractivity contribution in [1.82, 2.24) is 0 Å². The van der Waals surface area contributed by atoms with Crippen LogP contribution in [0.25, 0.3) is 0 Å². The Morgan fingerprint density at radius 2 is 2.06 bits per heavy atom. The van der Waals surface area contributed by atoms with Gasteiger partial charge in [0.1, 0.15) is 0 Å². The van der Waals surface area contributed by atoms with E-state index < -0.39 is 10.0 Å². The molecule has 1 aromatic rings. The van der Waals surface area contributed by atoms with Crippen LogP contribution in [-0.4, -0.2) is 14.5 Å². The van der Waals surface area contributed by atoms with Gasteiger partial charge in [-0.3, -0.25) is 0 Å². The van der Waals surface area contributed by atoms with E-state index in [9.17, 15) is 8.42 Å². The topological polar surface area (TPSA) is 72.2 Å². The number of hydrogen-bond donors (Lipinski definition) is 2. The molecule has 0 aliphatic heterocycles. The molecule has 0 heterocycles. The molecule has 4 nitrogen and oxygen atoms in total. The highest BCUT2D eigenvalue weighted by molar-refractivity contribution is 7.89. The van der Waals surface area contributed by atoms with Gasteiger partial charge in [0.05, 0.1) is 4.90 Å². The molecule has 1 aliphatic carbocycles. The van der Waals surface area contributed by atoms with E-state index in [1.807, 2.05) is 6.92 Å². The van der Waals surface area contributed by atoms with E-state index in [1.165, 1.54) is 6.42 Å². The molecule has 2 rings (SSSR count). The van der Waals surface area contributed by atoms with Gasteiger partial charge in [0, 0.05) is 11.7 Å². The molecule has 0 saturated heterocycles. The lowest BCUT2D eigenvalue weighted by molar-refractivity contribution is 0.597. The fraction of sp³-hybridized carbons (Fsp3) is 0.538. The van der Waals surface area contributed by atoms with E-state index in [0.29, 0.717) is 6.04 Å². The molecule has 2 unspecified atom stereocenters. The molecule has 0 bridgehead atoms. The minimum atomic E-state index is -3.63. The Bertz CT molecular complexity index is 540. The van der Waals surface area contributed by atoms with Crippen molar-refractivity contribution in [3.8, 4) is 0 Å². The van der Waals surface area contributed by atoms with Crippen molar-refractivity contribution in [2.75, 3.05) is 5.32 Å². The van der Waals surface area contributed by atoms with Crippen LogP contribution in [0.2, 0.25) is 0 Å². The van der Waals surface area contributed by atoms with Crippen LogP contribution in [0.4, 0.5) is 5.69 Å². The molecule has 0 spiro atoms. The Hall–Kier alpha value is -1.07. The standard InChI is InChI=1S/C13H20N2O2S/c1-9-3-5-11(7-9)15-13-8-12(18(14,16)17)6-4-10(13)2/h4,6,8-9,11,15H,3,5,7H2,1-2H3,(H2,14,16,17). The van der Waals surface area contributed by atoms with Gasteiger partial charge in [0.25, 0.3) is 0 Å². The molecule has 0 aromatic heterocycles. The second-order valence-electron chi connectivity index (χ2n) is 5.28. The van der Waals surface area contributed by atoms with E-state index in [-0.39, 0.29) is 4.90 Å². The van der Waals surface area contributed by atoms with Crippen molar-refractivity contribution >= 4 is 15.7 Å². The van der Waals surface area contributed by atoms with Crippen molar-refractivity contribution in [3.05, 3.63) is 23.8 Å². The summed E-state index contributed by atoms with van der Waals surface area (Å²) in [6.45, 7) is 4.21. The van der Waals surface area contributed by atoms with Crippen LogP contribution in [0.1, 0.15) is 31.7 Å². The predicted octanol–water partition coefficient (Wildman–Crippen LogP) is 2.24. The van der Waals surface area contributed by atoms with E-state index in [4.69, 9.17) is 5.14 Å². The third-order valence-corrected chi connectivity index (χ3v) is 4.50. The molecular formula is C13H20N2O2S. The fourth-order valence-corrected chi connectivity index (χ4v) is 3.03. The van der Waals surface area contributed by atoms with E-state index >= 15 is 0 Å². The zero-order valence-electron chi connectivity index (χ0n) is 10.8. The monoisotopic (exact) mass is 268 g/mol. The summed E-state index contributed by atoms with van der Waals surface area (Å²) in [6.07, 6.45) is 3.50. The average Bonchev–Trinajstić information content (AvgIpc) is 2.66. The molecule has 0 amide bonds. The molecule has 1 fully saturated rings. The Kier molecular flexibility index (Phi) is 3.64. The summed E-state index contributed by atoms with van der Waals surface area (Å²) in [5, 5.41) is 8.58. The summed E-state index contributed by atoms with van der Waals surface area (Å²) in [4.78, 5) is 0.168. The zero-order chi connectivity index (χ0) is 13.3. The molecule has 1 aromatic carbocycles. The third kappa shape index (κ3) is 3.03. The maximum absolute atomic E-state index is 11.3. The van der Waals surface area contributed by atoms with Gasteiger partial charge >= 0.3 is 0 Å². The van der Waals surface area contributed by atoms with Crippen LogP contribution in [0.3, 0.4) is 0 Å². The normalized spacial score (nSPS) is 24.2. The second-order valence-corrected chi connectivity index (χ2v) is 6.84. The summed E-state index contributed by atoms with van der Waals surface area (Å²) in [5.74, 6) is 0.740. The Balaban J connectivity index is 2.22. The van der Waals surface area contributed by atoms with Gasteiger partial charge in [0.15, 0.2) is 0 Å². The minimum Gasteiger partial charge on any atom is -0.382 e. The first-order valence-corrected chi connectivity index (χ1v) is 7.81. The number of nitrogens with two attached hydrogens (primary N) is 1. The van der Waals surface area contributed by atoms with E-state index in [1.54, 1.807) is 18.2 Å². The molecule has 5 heteroatoms. The van der Waals surface area contributed by atoms with Crippen LogP contribution in [0, 0.1) is 12.8 Å². The molecule has 3 N–H and O–H groups in total. The maximum Gasteiger partial charge on any atom is 0.238 e. The lowest BCUT2D eigenvalue weighted by atomic mass is 10.1. The summed E-state index contributed by atoms with van der Waals surface area (Å²) in [5.41, 5.74) is 1.92. The Labute approximate surface area is 109 Å². The Morgan fingerprint density at radius 3 is 2.61 bits per heavy atom. The summed E-state index contributed by atoms with van der Waals surface area (Å²) in [6, 6.07) is 5.41. The highest BCUT2D eigenvalue weighted by atomic mass is 32.2. The number of anilines is 1. The number of rotatable bonds is 3. The number of sulfonamides is 1. The summed E-state index contributed by atoms with van der Waals surface area (Å²) >= 11 is 0. The van der Waals surface area contributed by atoms with Crippen molar-refractivity contribution in [3.63, 3.8) is 0 Å². The molecule has 0 radical (unpaired) electrons. The van der Waals surface area contributed by atoms with Gasteiger partial charge in [-0.1, -0.05) is 13.0 Å². The Morgan fingerprint density at radius 1 is 1.33 bits per heavy atom. The first-order chi connectivity index (χ1) is 8.36. The lowest BCUT2D eigenvalue weighted by Crippen LogP contribution is -2.17. The predicted molar refractivity (Wildman–Crippen MR) is 73.0 cm³/mol. The highest BCUT2D eigenvalue weighted by Crippen LogP contribution is 2.29. The molecule has 100 valence electrons. The number of hydrogen-bond acceptors (Lipinski definition) is 3. The maximum atomic E-state index is 11.3. The van der Waals surface area contributed by atoms with Gasteiger partial charge in [0.2, 0.25) is 10.0 Å². The fourth-order valence-electron chi connectivity index (χ4n) is 2.49. The van der Waals surface area contributed by atoms with Crippen LogP contribution in [-0.2, 0) is 10.0 Å². The van der Waals surface area contributed by atoms with Crippen molar-refractivity contribution < 1.29 is 8.42 Å². The van der Waals surface area contributed by atoms with Crippen molar-refractivity contribution in [1.29, 1.82) is 0 Å². The van der Waals surface area contributed by atoms with Gasteiger partial charge < -0.3 is 5.32 Å². The lowest BCUT2D eigenvalue weighted by Gasteiger charge is -2.16. The first-order valence-electron chi connectivity index (χ1n) is 6.26. The zero-order valence-corrected chi connectivity index (χ0v) is 11.6. The summed E-state index contributed by atoms with van der Waals surface area (Å²) < 4.78 is 22.7. The van der Waals surface area contributed by atoms with Gasteiger partial charge in [-0.15, -0.1) is 0 Å². The SMILES string of the molecule is Cc1ccc(S(N)(=O)=O)cc1NC1CCC(C)C1. The number of primary sulfonamides is 1. The van der Waals surface area contributed by atoms with Crippen LogP contribution in [0.15, 0.2) is 23.1 Å². The molecule has 1 aliphatic rings. The van der Waals surface area contributed by atoms with E-state index in [2.05, 4.69) is 12.2 Å². The molecule has 18 heavy (non-hydrogen) atoms. The molecule has 2 atom stereocenters. The van der Waals surface area contributed by atoms with Gasteiger partial charge in [-0.25, -0.2) is 13.6 Å². The van der Waals surface area contributed by atoms with Crippen LogP contribution in [0.5, 0.6) is 0 Å². The van der Waals surface area contributed by atoms with Gasteiger partial charge in [-0.2, -0.15) is 0 Å². The smallest absolute Gasteiger partial charge is 0.238 e. The molecular weight excluding hydrogens is 248 g/mol. The highest BCUT2D eigenvalue weighted by Gasteiger charge is 2.21. The van der Waals surface area contributed by atoms with Crippen LogP contribution >= 0.6 is 0 Å². The summed E-state index contributed by atoms with van der Waals surface area (Å²) in [7, 11) is -3.63. The largest absolute Gasteiger partial charge is 0.382 e.